The average molecular weight is 200 g/mol. The van der Waals surface area contributed by atoms with E-state index in [1.54, 1.807) is 0 Å². The number of hydrogen-bond donors (Lipinski definition) is 2. The lowest BCUT2D eigenvalue weighted by Crippen LogP contribution is -2.45. The minimum Gasteiger partial charge on any atom is -0.481 e. The summed E-state index contributed by atoms with van der Waals surface area (Å²) in [6.45, 7) is 5.83. The smallest absolute Gasteiger partial charge is 0.307 e. The van der Waals surface area contributed by atoms with Crippen LogP contribution in [0.4, 0.5) is 0 Å². The van der Waals surface area contributed by atoms with E-state index >= 15 is 0 Å². The van der Waals surface area contributed by atoms with Crippen LogP contribution >= 0.6 is 0 Å². The van der Waals surface area contributed by atoms with Crippen LogP contribution < -0.4 is 0 Å². The monoisotopic (exact) mass is 200 g/mol. The van der Waals surface area contributed by atoms with Crippen molar-refractivity contribution in [3.8, 4) is 0 Å². The van der Waals surface area contributed by atoms with Crippen LogP contribution in [0.1, 0.15) is 46.5 Å². The molecule has 0 aliphatic heterocycles. The van der Waals surface area contributed by atoms with Gasteiger partial charge in [-0.25, -0.2) is 0 Å². The molecule has 0 heterocycles. The zero-order valence-corrected chi connectivity index (χ0v) is 9.21. The molecule has 1 aliphatic rings. The fourth-order valence-corrected chi connectivity index (χ4v) is 2.62. The third-order valence-electron chi connectivity index (χ3n) is 3.58. The van der Waals surface area contributed by atoms with Crippen molar-refractivity contribution in [1.29, 1.82) is 0 Å². The van der Waals surface area contributed by atoms with Gasteiger partial charge in [-0.3, -0.25) is 4.79 Å². The van der Waals surface area contributed by atoms with Crippen LogP contribution in [-0.2, 0) is 4.79 Å². The Labute approximate surface area is 85.1 Å². The van der Waals surface area contributed by atoms with Crippen molar-refractivity contribution in [1.82, 2.24) is 0 Å². The van der Waals surface area contributed by atoms with E-state index in [-0.39, 0.29) is 11.3 Å². The molecule has 14 heavy (non-hydrogen) atoms. The fraction of sp³-hybridized carbons (Fsp3) is 0.909. The van der Waals surface area contributed by atoms with Crippen molar-refractivity contribution in [3.05, 3.63) is 0 Å². The van der Waals surface area contributed by atoms with Crippen molar-refractivity contribution < 1.29 is 15.0 Å². The molecule has 0 amide bonds. The highest BCUT2D eigenvalue weighted by Crippen LogP contribution is 2.46. The highest BCUT2D eigenvalue weighted by atomic mass is 16.4. The maximum absolute atomic E-state index is 11.0. The average Bonchev–Trinajstić information content (AvgIpc) is 2.01. The lowest BCUT2D eigenvalue weighted by Gasteiger charge is -2.44. The van der Waals surface area contributed by atoms with E-state index in [1.165, 1.54) is 0 Å². The molecular formula is C11H20O3. The molecule has 2 N–H and O–H groups in total. The molecule has 1 aliphatic carbocycles. The predicted octanol–water partition coefficient (Wildman–Crippen LogP) is 2.04. The Morgan fingerprint density at radius 2 is 2.07 bits per heavy atom. The van der Waals surface area contributed by atoms with Gasteiger partial charge < -0.3 is 10.2 Å². The number of hydrogen-bond acceptors (Lipinski definition) is 2. The number of aliphatic hydroxyl groups is 1. The van der Waals surface area contributed by atoms with E-state index in [9.17, 15) is 9.90 Å². The largest absolute Gasteiger partial charge is 0.481 e. The zero-order chi connectivity index (χ0) is 11.0. The summed E-state index contributed by atoms with van der Waals surface area (Å²) in [5.41, 5.74) is -0.940. The van der Waals surface area contributed by atoms with E-state index in [0.29, 0.717) is 25.7 Å². The van der Waals surface area contributed by atoms with E-state index in [4.69, 9.17) is 5.11 Å². The van der Waals surface area contributed by atoms with E-state index in [1.807, 2.05) is 20.8 Å². The van der Waals surface area contributed by atoms with Crippen molar-refractivity contribution in [3.63, 3.8) is 0 Å². The Bertz CT molecular complexity index is 235. The van der Waals surface area contributed by atoms with Gasteiger partial charge in [0.1, 0.15) is 0 Å². The number of aliphatic carboxylic acids is 1. The summed E-state index contributed by atoms with van der Waals surface area (Å²) >= 11 is 0. The van der Waals surface area contributed by atoms with Gasteiger partial charge in [0.25, 0.3) is 0 Å². The number of carbonyl (C=O) groups is 1. The summed E-state index contributed by atoms with van der Waals surface area (Å²) in [7, 11) is 0. The highest BCUT2D eigenvalue weighted by molar-refractivity contribution is 5.71. The van der Waals surface area contributed by atoms with Crippen LogP contribution in [-0.4, -0.2) is 21.8 Å². The molecule has 1 saturated carbocycles. The lowest BCUT2D eigenvalue weighted by molar-refractivity contribution is -0.153. The topological polar surface area (TPSA) is 57.5 Å². The molecule has 3 heteroatoms. The molecule has 1 rings (SSSR count). The van der Waals surface area contributed by atoms with Crippen LogP contribution in [0.2, 0.25) is 0 Å². The number of carboxylic acid groups (broad SMARTS) is 1. The van der Waals surface area contributed by atoms with Gasteiger partial charge >= 0.3 is 5.97 Å². The molecule has 3 nitrogen and oxygen atoms in total. The molecule has 2 atom stereocenters. The van der Waals surface area contributed by atoms with Crippen molar-refractivity contribution in [2.24, 2.45) is 11.3 Å². The summed E-state index contributed by atoms with van der Waals surface area (Å²) in [6, 6.07) is 0. The first-order chi connectivity index (χ1) is 6.31. The maximum atomic E-state index is 11.0. The summed E-state index contributed by atoms with van der Waals surface area (Å²) < 4.78 is 0. The Morgan fingerprint density at radius 3 is 2.43 bits per heavy atom. The second-order valence-electron chi connectivity index (χ2n) is 5.17. The molecule has 1 fully saturated rings. The van der Waals surface area contributed by atoms with Gasteiger partial charge in [-0.05, 0) is 31.1 Å². The van der Waals surface area contributed by atoms with E-state index < -0.39 is 11.6 Å². The molecule has 0 spiro atoms. The Hall–Kier alpha value is -0.570. The van der Waals surface area contributed by atoms with Gasteiger partial charge in [-0.15, -0.1) is 0 Å². The maximum Gasteiger partial charge on any atom is 0.307 e. The zero-order valence-electron chi connectivity index (χ0n) is 9.21. The molecule has 2 unspecified atom stereocenters. The molecular weight excluding hydrogens is 180 g/mol. The lowest BCUT2D eigenvalue weighted by atomic mass is 9.63. The van der Waals surface area contributed by atoms with Crippen LogP contribution in [0.25, 0.3) is 0 Å². The third-order valence-corrected chi connectivity index (χ3v) is 3.58. The number of rotatable bonds is 2. The van der Waals surface area contributed by atoms with Gasteiger partial charge in [-0.2, -0.15) is 0 Å². The molecule has 0 bridgehead atoms. The van der Waals surface area contributed by atoms with Gasteiger partial charge in [0.05, 0.1) is 11.5 Å². The van der Waals surface area contributed by atoms with E-state index in [0.717, 1.165) is 0 Å². The second kappa shape index (κ2) is 3.54. The second-order valence-corrected chi connectivity index (χ2v) is 5.17. The predicted molar refractivity (Wildman–Crippen MR) is 54.0 cm³/mol. The Balaban J connectivity index is 2.80. The standard InChI is InChI=1S/C11H20O3/c1-4-11(14)6-5-8(9(12)13)10(2,3)7-11/h8,14H,4-7H2,1-3H3,(H,12,13). The Kier molecular flexibility index (Phi) is 2.91. The van der Waals surface area contributed by atoms with Crippen LogP contribution in [0.5, 0.6) is 0 Å². The van der Waals surface area contributed by atoms with Crippen LogP contribution in [0.15, 0.2) is 0 Å². The first-order valence-corrected chi connectivity index (χ1v) is 5.26. The first-order valence-electron chi connectivity index (χ1n) is 5.26. The van der Waals surface area contributed by atoms with Crippen LogP contribution in [0.3, 0.4) is 0 Å². The summed E-state index contributed by atoms with van der Waals surface area (Å²) in [6.07, 6.45) is 2.51. The van der Waals surface area contributed by atoms with Crippen molar-refractivity contribution >= 4 is 5.97 Å². The van der Waals surface area contributed by atoms with E-state index in [2.05, 4.69) is 0 Å². The fourth-order valence-electron chi connectivity index (χ4n) is 2.62. The summed E-state index contributed by atoms with van der Waals surface area (Å²) in [5.74, 6) is -1.04. The van der Waals surface area contributed by atoms with Gasteiger partial charge in [0.2, 0.25) is 0 Å². The molecule has 0 aromatic heterocycles. The van der Waals surface area contributed by atoms with Crippen molar-refractivity contribution in [2.45, 2.75) is 52.1 Å². The van der Waals surface area contributed by atoms with Gasteiger partial charge in [0, 0.05) is 0 Å². The SMILES string of the molecule is CCC1(O)CCC(C(=O)O)C(C)(C)C1. The highest BCUT2D eigenvalue weighted by Gasteiger charge is 2.46. The van der Waals surface area contributed by atoms with Gasteiger partial charge in [0.15, 0.2) is 0 Å². The normalized spacial score (nSPS) is 36.7. The molecule has 0 saturated heterocycles. The van der Waals surface area contributed by atoms with Crippen LogP contribution in [0, 0.1) is 11.3 Å². The molecule has 0 radical (unpaired) electrons. The minimum atomic E-state index is -0.729. The van der Waals surface area contributed by atoms with Gasteiger partial charge in [-0.1, -0.05) is 20.8 Å². The summed E-state index contributed by atoms with van der Waals surface area (Å²) in [4.78, 5) is 11.0. The third kappa shape index (κ3) is 2.08. The number of carboxylic acids is 1. The minimum absolute atomic E-state index is 0.297. The first kappa shape index (κ1) is 11.5. The molecule has 0 aromatic rings. The summed E-state index contributed by atoms with van der Waals surface area (Å²) in [5, 5.41) is 19.2. The molecule has 82 valence electrons. The Morgan fingerprint density at radius 1 is 1.50 bits per heavy atom. The quantitative estimate of drug-likeness (QED) is 0.717. The molecule has 0 aromatic carbocycles. The van der Waals surface area contributed by atoms with Crippen molar-refractivity contribution in [2.75, 3.05) is 0 Å².